The topological polar surface area (TPSA) is 92.2 Å². The van der Waals surface area contributed by atoms with Gasteiger partial charge in [0.1, 0.15) is 17.1 Å². The van der Waals surface area contributed by atoms with Crippen molar-refractivity contribution in [2.45, 2.75) is 11.6 Å². The third-order valence-corrected chi connectivity index (χ3v) is 5.47. The molecule has 8 heteroatoms. The molecule has 3 aromatic rings. The number of rotatable bonds is 7. The Morgan fingerprint density at radius 1 is 1.16 bits per heavy atom. The van der Waals surface area contributed by atoms with Gasteiger partial charge in [-0.05, 0) is 24.3 Å². The lowest BCUT2D eigenvalue weighted by atomic mass is 10.3. The summed E-state index contributed by atoms with van der Waals surface area (Å²) >= 11 is 2.70. The highest BCUT2D eigenvalue weighted by molar-refractivity contribution is 8.00. The second-order valence-corrected chi connectivity index (χ2v) is 7.24. The van der Waals surface area contributed by atoms with Crippen LogP contribution in [0.3, 0.4) is 0 Å². The van der Waals surface area contributed by atoms with E-state index in [2.05, 4.69) is 15.3 Å². The largest absolute Gasteiger partial charge is 0.387 e. The molecule has 0 spiro atoms. The van der Waals surface area contributed by atoms with Gasteiger partial charge in [0.05, 0.1) is 17.2 Å². The van der Waals surface area contributed by atoms with Gasteiger partial charge in [-0.3, -0.25) is 14.6 Å². The molecule has 25 heavy (non-hydrogen) atoms. The predicted octanol–water partition coefficient (Wildman–Crippen LogP) is 2.27. The number of aromatic nitrogens is 2. The lowest BCUT2D eigenvalue weighted by Gasteiger charge is -2.03. The molecule has 0 saturated heterocycles. The fourth-order valence-corrected chi connectivity index (χ4v) is 3.99. The highest BCUT2D eigenvalue weighted by Gasteiger charge is 2.12. The first-order valence-electron chi connectivity index (χ1n) is 7.49. The van der Waals surface area contributed by atoms with E-state index in [0.717, 1.165) is 20.8 Å². The molecule has 0 aliphatic rings. The van der Waals surface area contributed by atoms with Crippen LogP contribution in [0, 0.1) is 0 Å². The van der Waals surface area contributed by atoms with Crippen LogP contribution in [-0.2, 0) is 11.3 Å². The van der Waals surface area contributed by atoms with E-state index in [4.69, 9.17) is 5.11 Å². The van der Waals surface area contributed by atoms with Crippen LogP contribution in [0.2, 0.25) is 0 Å². The molecule has 0 radical (unpaired) electrons. The number of fused-ring (bicyclic) bond motifs is 1. The molecule has 2 N–H and O–H groups in total. The number of aliphatic hydroxyl groups excluding tert-OH is 1. The predicted molar refractivity (Wildman–Crippen MR) is 97.8 cm³/mol. The van der Waals surface area contributed by atoms with Gasteiger partial charge >= 0.3 is 0 Å². The Labute approximate surface area is 152 Å². The first-order valence-corrected chi connectivity index (χ1v) is 9.29. The molecular formula is C17H15N3O3S2. The van der Waals surface area contributed by atoms with Gasteiger partial charge in [0.15, 0.2) is 5.78 Å². The van der Waals surface area contributed by atoms with Crippen molar-refractivity contribution in [3.63, 3.8) is 0 Å². The lowest BCUT2D eigenvalue weighted by molar-refractivity contribution is -0.123. The summed E-state index contributed by atoms with van der Waals surface area (Å²) < 4.78 is 0. The summed E-state index contributed by atoms with van der Waals surface area (Å²) in [6, 6.07) is 9.27. The van der Waals surface area contributed by atoms with Crippen LogP contribution in [0.25, 0.3) is 10.9 Å². The van der Waals surface area contributed by atoms with Gasteiger partial charge in [-0.15, -0.1) is 11.3 Å². The van der Waals surface area contributed by atoms with Crippen molar-refractivity contribution in [1.29, 1.82) is 0 Å². The molecule has 6 nitrogen and oxygen atoms in total. The molecule has 0 bridgehead atoms. The van der Waals surface area contributed by atoms with Crippen molar-refractivity contribution in [1.82, 2.24) is 15.3 Å². The summed E-state index contributed by atoms with van der Waals surface area (Å²) in [5, 5.41) is 13.0. The monoisotopic (exact) mass is 373 g/mol. The molecule has 0 unspecified atom stereocenters. The maximum atomic E-state index is 12.4. The van der Waals surface area contributed by atoms with Crippen molar-refractivity contribution < 1.29 is 14.7 Å². The van der Waals surface area contributed by atoms with E-state index < -0.39 is 12.5 Å². The number of thioether (sulfide) groups is 1. The number of amides is 1. The fraction of sp³-hybridized carbons (Fsp3) is 0.176. The van der Waals surface area contributed by atoms with E-state index in [1.54, 1.807) is 24.5 Å². The molecule has 0 saturated carbocycles. The Balaban J connectivity index is 1.63. The molecular weight excluding hydrogens is 358 g/mol. The summed E-state index contributed by atoms with van der Waals surface area (Å²) in [6.07, 6.45) is 3.42. The Kier molecular flexibility index (Phi) is 5.75. The molecule has 0 aromatic carbocycles. The van der Waals surface area contributed by atoms with Gasteiger partial charge in [0.25, 0.3) is 0 Å². The van der Waals surface area contributed by atoms with Crippen molar-refractivity contribution in [3.8, 4) is 0 Å². The maximum Gasteiger partial charge on any atom is 0.246 e. The summed E-state index contributed by atoms with van der Waals surface area (Å²) in [6.45, 7) is -0.237. The van der Waals surface area contributed by atoms with Crippen LogP contribution < -0.4 is 5.32 Å². The SMILES string of the molecule is O=C(CO)NCc1ccc(C(=O)CSc2nccc3cccnc23)s1. The summed E-state index contributed by atoms with van der Waals surface area (Å²) in [5.41, 5.74) is 0.793. The maximum absolute atomic E-state index is 12.4. The number of ketones is 1. The Hall–Kier alpha value is -2.29. The number of carbonyl (C=O) groups is 2. The number of hydrogen-bond acceptors (Lipinski definition) is 7. The molecule has 3 heterocycles. The minimum atomic E-state index is -0.542. The van der Waals surface area contributed by atoms with Crippen molar-refractivity contribution >= 4 is 45.7 Å². The number of thiophene rings is 1. The molecule has 1 amide bonds. The average molecular weight is 373 g/mol. The zero-order chi connectivity index (χ0) is 17.6. The normalized spacial score (nSPS) is 10.8. The van der Waals surface area contributed by atoms with E-state index in [0.29, 0.717) is 11.4 Å². The second-order valence-electron chi connectivity index (χ2n) is 5.10. The van der Waals surface area contributed by atoms with Gasteiger partial charge in [0.2, 0.25) is 5.91 Å². The van der Waals surface area contributed by atoms with Gasteiger partial charge in [-0.25, -0.2) is 4.98 Å². The van der Waals surface area contributed by atoms with E-state index in [9.17, 15) is 9.59 Å². The van der Waals surface area contributed by atoms with E-state index in [-0.39, 0.29) is 11.5 Å². The minimum Gasteiger partial charge on any atom is -0.387 e. The quantitative estimate of drug-likeness (QED) is 0.488. The van der Waals surface area contributed by atoms with Gasteiger partial charge in [-0.2, -0.15) is 0 Å². The first-order chi connectivity index (χ1) is 12.2. The van der Waals surface area contributed by atoms with Gasteiger partial charge in [-0.1, -0.05) is 17.8 Å². The fourth-order valence-electron chi connectivity index (χ4n) is 2.15. The summed E-state index contributed by atoms with van der Waals surface area (Å²) in [5.74, 6) is -0.165. The standard InChI is InChI=1S/C17H15N3O3S2/c21-9-15(23)20-8-12-3-4-14(25-12)13(22)10-24-17-16-11(5-7-19-17)2-1-6-18-16/h1-7,21H,8-10H2,(H,20,23). The second kappa shape index (κ2) is 8.19. The Bertz CT molecular complexity index is 906. The lowest BCUT2D eigenvalue weighted by Crippen LogP contribution is -2.25. The van der Waals surface area contributed by atoms with Gasteiger partial charge in [0, 0.05) is 22.7 Å². The van der Waals surface area contributed by atoms with Crippen molar-refractivity contribution in [2.24, 2.45) is 0 Å². The van der Waals surface area contributed by atoms with E-state index >= 15 is 0 Å². The van der Waals surface area contributed by atoms with E-state index in [1.165, 1.54) is 23.1 Å². The average Bonchev–Trinajstić information content (AvgIpc) is 3.13. The molecule has 0 aliphatic heterocycles. The molecule has 128 valence electrons. The number of carbonyl (C=O) groups excluding carboxylic acids is 2. The smallest absolute Gasteiger partial charge is 0.246 e. The van der Waals surface area contributed by atoms with Crippen LogP contribution in [0.5, 0.6) is 0 Å². The zero-order valence-electron chi connectivity index (χ0n) is 13.1. The third kappa shape index (κ3) is 4.41. The first kappa shape index (κ1) is 17.5. The van der Waals surface area contributed by atoms with Crippen LogP contribution >= 0.6 is 23.1 Å². The Morgan fingerprint density at radius 2 is 2.04 bits per heavy atom. The number of hydrogen-bond donors (Lipinski definition) is 2. The number of pyridine rings is 2. The van der Waals surface area contributed by atoms with Crippen LogP contribution in [0.15, 0.2) is 47.8 Å². The zero-order valence-corrected chi connectivity index (χ0v) is 14.8. The number of aliphatic hydroxyl groups is 1. The highest BCUT2D eigenvalue weighted by atomic mass is 32.2. The number of nitrogens with one attached hydrogen (secondary N) is 1. The molecule has 0 atom stereocenters. The highest BCUT2D eigenvalue weighted by Crippen LogP contribution is 2.25. The number of Topliss-reactive ketones (excluding diaryl/α,β-unsaturated/α-hetero) is 1. The van der Waals surface area contributed by atoms with Crippen molar-refractivity contribution in [2.75, 3.05) is 12.4 Å². The Morgan fingerprint density at radius 3 is 2.88 bits per heavy atom. The van der Waals surface area contributed by atoms with E-state index in [1.807, 2.05) is 18.2 Å². The molecule has 0 fully saturated rings. The molecule has 3 aromatic heterocycles. The minimum absolute atomic E-state index is 0.00414. The number of nitrogens with zero attached hydrogens (tertiary/aromatic N) is 2. The van der Waals surface area contributed by atoms with Crippen molar-refractivity contribution in [3.05, 3.63) is 52.5 Å². The third-order valence-electron chi connectivity index (χ3n) is 3.37. The van der Waals surface area contributed by atoms with Gasteiger partial charge < -0.3 is 10.4 Å². The summed E-state index contributed by atoms with van der Waals surface area (Å²) in [7, 11) is 0. The summed E-state index contributed by atoms with van der Waals surface area (Å²) in [4.78, 5) is 33.6. The molecule has 3 rings (SSSR count). The van der Waals surface area contributed by atoms with Crippen LogP contribution in [0.1, 0.15) is 14.5 Å². The van der Waals surface area contributed by atoms with Crippen LogP contribution in [-0.4, -0.2) is 39.1 Å². The molecule has 0 aliphatic carbocycles. The van der Waals surface area contributed by atoms with Crippen LogP contribution in [0.4, 0.5) is 0 Å².